The second-order valence-electron chi connectivity index (χ2n) is 6.42. The van der Waals surface area contributed by atoms with Gasteiger partial charge in [0.2, 0.25) is 5.91 Å². The largest absolute Gasteiger partial charge is 0.455 e. The fourth-order valence-corrected chi connectivity index (χ4v) is 3.16. The lowest BCUT2D eigenvalue weighted by Crippen LogP contribution is -2.49. The second kappa shape index (κ2) is 9.47. The molecule has 0 radical (unpaired) electrons. The van der Waals surface area contributed by atoms with E-state index >= 15 is 0 Å². The fraction of sp³-hybridized carbons (Fsp3) is 0.0952. The minimum absolute atomic E-state index is 0. The Bertz CT molecular complexity index is 1060. The van der Waals surface area contributed by atoms with E-state index in [1.807, 2.05) is 24.3 Å². The van der Waals surface area contributed by atoms with Gasteiger partial charge < -0.3 is 4.74 Å². The van der Waals surface area contributed by atoms with Crippen molar-refractivity contribution in [3.05, 3.63) is 83.1 Å². The molecule has 2 N–H and O–H groups in total. The summed E-state index contributed by atoms with van der Waals surface area (Å²) in [6.45, 7) is 0.259. The minimum Gasteiger partial charge on any atom is -0.455 e. The summed E-state index contributed by atoms with van der Waals surface area (Å²) in [6, 6.07) is 15.5. The molecule has 1 aliphatic rings. The van der Waals surface area contributed by atoms with Gasteiger partial charge in [-0.05, 0) is 42.0 Å². The summed E-state index contributed by atoms with van der Waals surface area (Å²) in [6.07, 6.45) is 3.34. The molecule has 0 saturated heterocycles. The van der Waals surface area contributed by atoms with Gasteiger partial charge in [-0.25, -0.2) is 10.2 Å². The van der Waals surface area contributed by atoms with Crippen LogP contribution in [-0.2, 0) is 17.8 Å². The number of pyridine rings is 1. The zero-order chi connectivity index (χ0) is 20.2. The number of anilines is 1. The summed E-state index contributed by atoms with van der Waals surface area (Å²) < 4.78 is 5.97. The van der Waals surface area contributed by atoms with Gasteiger partial charge in [0.25, 0.3) is 0 Å². The fourth-order valence-electron chi connectivity index (χ4n) is 3.00. The van der Waals surface area contributed by atoms with Crippen LogP contribution in [0.4, 0.5) is 10.5 Å². The molecule has 154 valence electrons. The maximum absolute atomic E-state index is 12.9. The Hall–Kier alpha value is -3.29. The number of rotatable bonds is 2. The molecule has 4 rings (SSSR count). The van der Waals surface area contributed by atoms with E-state index in [2.05, 4.69) is 15.8 Å². The predicted molar refractivity (Wildman–Crippen MR) is 116 cm³/mol. The summed E-state index contributed by atoms with van der Waals surface area (Å²) in [5.41, 5.74) is 7.04. The molecule has 0 saturated carbocycles. The number of fused-ring (bicyclic) bond motifs is 2. The predicted octanol–water partition coefficient (Wildman–Crippen LogP) is 4.25. The van der Waals surface area contributed by atoms with Crippen LogP contribution in [0.2, 0.25) is 5.02 Å². The highest BCUT2D eigenvalue weighted by Gasteiger charge is 2.26. The van der Waals surface area contributed by atoms with Gasteiger partial charge in [0.1, 0.15) is 5.75 Å². The molecule has 0 atom stereocenters. The van der Waals surface area contributed by atoms with E-state index in [1.165, 1.54) is 4.90 Å². The van der Waals surface area contributed by atoms with Gasteiger partial charge in [0.05, 0.1) is 18.7 Å². The molecule has 0 aliphatic carbocycles. The Balaban J connectivity index is 0.00000256. The molecular weight excluding hydrogens is 427 g/mol. The Labute approximate surface area is 184 Å². The number of hydrazine groups is 1. The summed E-state index contributed by atoms with van der Waals surface area (Å²) in [5.74, 6) is 0.813. The van der Waals surface area contributed by atoms with Crippen molar-refractivity contribution in [2.45, 2.75) is 13.0 Å². The van der Waals surface area contributed by atoms with E-state index in [9.17, 15) is 9.59 Å². The molecule has 3 amide bonds. The van der Waals surface area contributed by atoms with Gasteiger partial charge in [0.15, 0.2) is 5.75 Å². The molecule has 30 heavy (non-hydrogen) atoms. The average Bonchev–Trinajstić information content (AvgIpc) is 2.89. The van der Waals surface area contributed by atoms with E-state index in [0.717, 1.165) is 11.1 Å². The van der Waals surface area contributed by atoms with Gasteiger partial charge in [0, 0.05) is 23.0 Å². The SMILES string of the molecule is Cl.O=C(Cc1ccncc1)NNC(=O)N1Cc2ccccc2Oc2ccc(Cl)cc21. The minimum atomic E-state index is -0.503. The third-order valence-electron chi connectivity index (χ3n) is 4.40. The normalized spacial score (nSPS) is 11.7. The highest BCUT2D eigenvalue weighted by Crippen LogP contribution is 2.40. The highest BCUT2D eigenvalue weighted by atomic mass is 35.5. The molecule has 7 nitrogen and oxygen atoms in total. The van der Waals surface area contributed by atoms with Crippen LogP contribution in [0.25, 0.3) is 0 Å². The Morgan fingerprint density at radius 3 is 2.60 bits per heavy atom. The van der Waals surface area contributed by atoms with Crippen LogP contribution in [0.3, 0.4) is 0 Å². The van der Waals surface area contributed by atoms with Crippen LogP contribution < -0.4 is 20.5 Å². The van der Waals surface area contributed by atoms with Crippen LogP contribution in [0.1, 0.15) is 11.1 Å². The molecule has 1 aliphatic heterocycles. The first-order valence-electron chi connectivity index (χ1n) is 8.91. The standard InChI is InChI=1S/C21H17ClN4O3.ClH/c22-16-5-6-19-17(12-16)26(13-15-3-1-2-4-18(15)29-19)21(28)25-24-20(27)11-14-7-9-23-10-8-14;/h1-10,12H,11,13H2,(H,24,27)(H,25,28);1H. The lowest BCUT2D eigenvalue weighted by atomic mass is 10.2. The van der Waals surface area contributed by atoms with Crippen LogP contribution in [0.15, 0.2) is 67.0 Å². The molecule has 0 fully saturated rings. The lowest BCUT2D eigenvalue weighted by molar-refractivity contribution is -0.121. The number of urea groups is 1. The molecule has 1 aromatic heterocycles. The summed E-state index contributed by atoms with van der Waals surface area (Å²) in [4.78, 5) is 30.4. The highest BCUT2D eigenvalue weighted by molar-refractivity contribution is 6.31. The average molecular weight is 445 g/mol. The molecule has 0 unspecified atom stereocenters. The quantitative estimate of drug-likeness (QED) is 0.578. The van der Waals surface area contributed by atoms with Crippen LogP contribution in [-0.4, -0.2) is 16.9 Å². The van der Waals surface area contributed by atoms with Gasteiger partial charge in [-0.2, -0.15) is 0 Å². The zero-order valence-corrected chi connectivity index (χ0v) is 17.2. The van der Waals surface area contributed by atoms with Gasteiger partial charge in [-0.1, -0.05) is 29.8 Å². The van der Waals surface area contributed by atoms with Crippen molar-refractivity contribution in [1.29, 1.82) is 0 Å². The van der Waals surface area contributed by atoms with Gasteiger partial charge in [-0.15, -0.1) is 12.4 Å². The monoisotopic (exact) mass is 444 g/mol. The van der Waals surface area contributed by atoms with Crippen molar-refractivity contribution < 1.29 is 14.3 Å². The second-order valence-corrected chi connectivity index (χ2v) is 6.85. The number of hydrogen-bond acceptors (Lipinski definition) is 4. The molecule has 3 aromatic rings. The van der Waals surface area contributed by atoms with Gasteiger partial charge >= 0.3 is 6.03 Å². The molecule has 0 spiro atoms. The van der Waals surface area contributed by atoms with E-state index in [-0.39, 0.29) is 31.3 Å². The Morgan fingerprint density at radius 2 is 1.80 bits per heavy atom. The van der Waals surface area contributed by atoms with Crippen molar-refractivity contribution >= 4 is 41.6 Å². The van der Waals surface area contributed by atoms with Crippen LogP contribution in [0, 0.1) is 0 Å². The molecule has 2 heterocycles. The maximum Gasteiger partial charge on any atom is 0.341 e. The third-order valence-corrected chi connectivity index (χ3v) is 4.64. The van der Waals surface area contributed by atoms with E-state index < -0.39 is 6.03 Å². The van der Waals surface area contributed by atoms with Crippen molar-refractivity contribution in [1.82, 2.24) is 15.8 Å². The first-order chi connectivity index (χ1) is 14.1. The maximum atomic E-state index is 12.9. The van der Waals surface area contributed by atoms with Crippen molar-refractivity contribution in [2.24, 2.45) is 0 Å². The third kappa shape index (κ3) is 4.82. The number of halogens is 2. The van der Waals surface area contributed by atoms with Crippen molar-refractivity contribution in [3.63, 3.8) is 0 Å². The smallest absolute Gasteiger partial charge is 0.341 e. The van der Waals surface area contributed by atoms with E-state index in [1.54, 1.807) is 42.7 Å². The van der Waals surface area contributed by atoms with Crippen LogP contribution in [0.5, 0.6) is 11.5 Å². The van der Waals surface area contributed by atoms with Crippen molar-refractivity contribution in [2.75, 3.05) is 4.90 Å². The first kappa shape index (κ1) is 21.4. The van der Waals surface area contributed by atoms with Crippen molar-refractivity contribution in [3.8, 4) is 11.5 Å². The van der Waals surface area contributed by atoms with Crippen LogP contribution >= 0.6 is 24.0 Å². The number of amides is 3. The number of nitrogens with zero attached hydrogens (tertiary/aromatic N) is 2. The molecular formula is C21H18Cl2N4O3. The number of ether oxygens (including phenoxy) is 1. The van der Waals surface area contributed by atoms with E-state index in [0.29, 0.717) is 22.2 Å². The number of carbonyl (C=O) groups is 2. The lowest BCUT2D eigenvalue weighted by Gasteiger charge is -2.22. The molecule has 2 aromatic carbocycles. The first-order valence-corrected chi connectivity index (χ1v) is 9.28. The summed E-state index contributed by atoms with van der Waals surface area (Å²) in [7, 11) is 0. The number of para-hydroxylation sites is 1. The zero-order valence-electron chi connectivity index (χ0n) is 15.7. The molecule has 9 heteroatoms. The number of carbonyl (C=O) groups excluding carboxylic acids is 2. The number of aromatic nitrogens is 1. The summed E-state index contributed by atoms with van der Waals surface area (Å²) >= 11 is 6.14. The Kier molecular flexibility index (Phi) is 6.76. The number of hydrogen-bond donors (Lipinski definition) is 2. The number of nitrogens with one attached hydrogen (secondary N) is 2. The van der Waals surface area contributed by atoms with Gasteiger partial charge in [-0.3, -0.25) is 20.1 Å². The topological polar surface area (TPSA) is 83.6 Å². The Morgan fingerprint density at radius 1 is 1.03 bits per heavy atom. The molecule has 0 bridgehead atoms. The van der Waals surface area contributed by atoms with E-state index in [4.69, 9.17) is 16.3 Å². The summed E-state index contributed by atoms with van der Waals surface area (Å²) in [5, 5.41) is 0.470. The number of benzene rings is 2.